The molecular weight excluding hydrogens is 713 g/mol. The largest absolute Gasteiger partial charge is 0.472 e. The highest BCUT2D eigenvalue weighted by Gasteiger charge is 2.25. The van der Waals surface area contributed by atoms with Gasteiger partial charge in [0, 0.05) is 19.4 Å². The van der Waals surface area contributed by atoms with Crippen molar-refractivity contribution in [2.24, 2.45) is 5.73 Å². The minimum atomic E-state index is -4.39. The highest BCUT2D eigenvalue weighted by molar-refractivity contribution is 7.47. The summed E-state index contributed by atoms with van der Waals surface area (Å²) in [6.07, 6.45) is 48.3. The highest BCUT2D eigenvalue weighted by Crippen LogP contribution is 2.43. The third-order valence-electron chi connectivity index (χ3n) is 8.92. The van der Waals surface area contributed by atoms with Crippen LogP contribution in [0.15, 0.2) is 60.8 Å². The molecule has 0 amide bonds. The Morgan fingerprint density at radius 3 is 1.47 bits per heavy atom. The number of carbonyl (C=O) groups excluding carboxylic acids is 2. The Morgan fingerprint density at radius 1 is 0.564 bits per heavy atom. The van der Waals surface area contributed by atoms with Gasteiger partial charge in [-0.25, -0.2) is 4.57 Å². The van der Waals surface area contributed by atoms with E-state index in [2.05, 4.69) is 68.5 Å². The number of carbonyl (C=O) groups is 2. The van der Waals surface area contributed by atoms with Crippen molar-refractivity contribution in [1.29, 1.82) is 0 Å². The second kappa shape index (κ2) is 41.3. The van der Waals surface area contributed by atoms with Gasteiger partial charge in [0.1, 0.15) is 6.61 Å². The molecule has 0 saturated heterocycles. The standard InChI is InChI=1S/C45H80NO8P/c1-3-5-7-9-11-13-15-17-19-21-23-25-27-29-31-33-35-37-44(47)51-41-43(42-53-55(49,50)52-40-39-46)54-45(48)38-36-34-32-30-28-26-24-22-20-18-16-14-12-10-8-6-4-2/h6,8,12,14,18,20,24,26,30,32,43H,3-5,7,9-11,13,15-17,19,21-23,25,27-29,31,33-42,46H2,1-2H3,(H,49,50)/b8-6-,14-12-,20-18-,26-24-,32-30-/t43-/m1/s1. The van der Waals surface area contributed by atoms with Gasteiger partial charge in [-0.2, -0.15) is 0 Å². The van der Waals surface area contributed by atoms with Gasteiger partial charge in [-0.05, 0) is 51.4 Å². The Labute approximate surface area is 336 Å². The molecule has 2 atom stereocenters. The smallest absolute Gasteiger partial charge is 0.462 e. The topological polar surface area (TPSA) is 134 Å². The Bertz CT molecular complexity index is 1090. The van der Waals surface area contributed by atoms with Crippen LogP contribution in [0.4, 0.5) is 0 Å². The maximum absolute atomic E-state index is 12.6. The number of ether oxygens (including phenoxy) is 2. The molecule has 10 heteroatoms. The fraction of sp³-hybridized carbons (Fsp3) is 0.733. The predicted octanol–water partition coefficient (Wildman–Crippen LogP) is 12.5. The number of nitrogens with two attached hydrogens (primary N) is 1. The van der Waals surface area contributed by atoms with Crippen molar-refractivity contribution in [2.45, 2.75) is 187 Å². The Morgan fingerprint density at radius 2 is 1.00 bits per heavy atom. The van der Waals surface area contributed by atoms with Crippen molar-refractivity contribution in [2.75, 3.05) is 26.4 Å². The van der Waals surface area contributed by atoms with Crippen LogP contribution in [0, 0.1) is 0 Å². The first-order valence-corrected chi connectivity index (χ1v) is 23.3. The molecule has 9 nitrogen and oxygen atoms in total. The summed E-state index contributed by atoms with van der Waals surface area (Å²) >= 11 is 0. The lowest BCUT2D eigenvalue weighted by Gasteiger charge is -2.19. The van der Waals surface area contributed by atoms with Gasteiger partial charge in [-0.1, -0.05) is 177 Å². The molecule has 0 aromatic carbocycles. The van der Waals surface area contributed by atoms with Crippen LogP contribution in [0.3, 0.4) is 0 Å². The van der Waals surface area contributed by atoms with Crippen molar-refractivity contribution < 1.29 is 37.6 Å². The first kappa shape index (κ1) is 52.7. The zero-order chi connectivity index (χ0) is 40.3. The second-order valence-electron chi connectivity index (χ2n) is 14.2. The van der Waals surface area contributed by atoms with Crippen molar-refractivity contribution in [3.8, 4) is 0 Å². The van der Waals surface area contributed by atoms with Gasteiger partial charge in [0.05, 0.1) is 13.2 Å². The normalized spacial score (nSPS) is 13.9. The number of allylic oxidation sites excluding steroid dienone is 10. The molecule has 3 N–H and O–H groups in total. The molecule has 0 aliphatic carbocycles. The number of rotatable bonds is 40. The van der Waals surface area contributed by atoms with Crippen molar-refractivity contribution in [1.82, 2.24) is 0 Å². The van der Waals surface area contributed by atoms with Gasteiger partial charge in [-0.3, -0.25) is 18.6 Å². The molecule has 318 valence electrons. The van der Waals surface area contributed by atoms with E-state index < -0.39 is 32.5 Å². The average Bonchev–Trinajstić information content (AvgIpc) is 3.17. The van der Waals surface area contributed by atoms with E-state index in [9.17, 15) is 19.0 Å². The number of phosphoric ester groups is 1. The maximum Gasteiger partial charge on any atom is 0.472 e. The van der Waals surface area contributed by atoms with Crippen LogP contribution in [0.25, 0.3) is 0 Å². The van der Waals surface area contributed by atoms with Gasteiger partial charge in [0.15, 0.2) is 6.10 Å². The number of hydrogen-bond donors (Lipinski definition) is 2. The molecule has 0 spiro atoms. The predicted molar refractivity (Wildman–Crippen MR) is 229 cm³/mol. The summed E-state index contributed by atoms with van der Waals surface area (Å²) in [5.41, 5.74) is 5.34. The van der Waals surface area contributed by atoms with Crippen LogP contribution >= 0.6 is 7.82 Å². The van der Waals surface area contributed by atoms with Crippen LogP contribution < -0.4 is 5.73 Å². The Kier molecular flexibility index (Phi) is 39.6. The first-order valence-electron chi connectivity index (χ1n) is 21.8. The summed E-state index contributed by atoms with van der Waals surface area (Å²) in [4.78, 5) is 34.8. The van der Waals surface area contributed by atoms with Gasteiger partial charge >= 0.3 is 19.8 Å². The van der Waals surface area contributed by atoms with Crippen LogP contribution in [0.2, 0.25) is 0 Å². The number of esters is 2. The van der Waals surface area contributed by atoms with Gasteiger partial charge in [0.25, 0.3) is 0 Å². The summed E-state index contributed by atoms with van der Waals surface area (Å²) in [6, 6.07) is 0. The highest BCUT2D eigenvalue weighted by atomic mass is 31.2. The molecule has 0 aromatic heterocycles. The Balaban J connectivity index is 4.23. The summed E-state index contributed by atoms with van der Waals surface area (Å²) in [5, 5.41) is 0. The monoisotopic (exact) mass is 794 g/mol. The van der Waals surface area contributed by atoms with Crippen LogP contribution in [0.1, 0.15) is 181 Å². The lowest BCUT2D eigenvalue weighted by molar-refractivity contribution is -0.161. The van der Waals surface area contributed by atoms with E-state index in [-0.39, 0.29) is 32.6 Å². The number of unbranched alkanes of at least 4 members (excludes halogenated alkanes) is 17. The molecule has 55 heavy (non-hydrogen) atoms. The number of phosphoric acid groups is 1. The van der Waals surface area contributed by atoms with E-state index in [1.54, 1.807) is 0 Å². The fourth-order valence-electron chi connectivity index (χ4n) is 5.73. The zero-order valence-electron chi connectivity index (χ0n) is 34.9. The van der Waals surface area contributed by atoms with Crippen molar-refractivity contribution in [3.05, 3.63) is 60.8 Å². The fourth-order valence-corrected chi connectivity index (χ4v) is 6.49. The molecule has 0 aliphatic heterocycles. The molecule has 0 radical (unpaired) electrons. The quantitative estimate of drug-likeness (QED) is 0.0269. The van der Waals surface area contributed by atoms with Gasteiger partial charge in [-0.15, -0.1) is 0 Å². The van der Waals surface area contributed by atoms with Crippen molar-refractivity contribution in [3.63, 3.8) is 0 Å². The van der Waals surface area contributed by atoms with E-state index in [4.69, 9.17) is 24.3 Å². The minimum absolute atomic E-state index is 0.0429. The van der Waals surface area contributed by atoms with E-state index in [0.717, 1.165) is 51.4 Å². The van der Waals surface area contributed by atoms with E-state index in [0.29, 0.717) is 12.8 Å². The Hall–Kier alpha value is -2.29. The van der Waals surface area contributed by atoms with Gasteiger partial charge < -0.3 is 20.1 Å². The third kappa shape index (κ3) is 41.2. The van der Waals surface area contributed by atoms with Crippen LogP contribution in [-0.2, 0) is 32.7 Å². The molecule has 0 heterocycles. The van der Waals surface area contributed by atoms with Gasteiger partial charge in [0.2, 0.25) is 0 Å². The molecule has 0 aliphatic rings. The zero-order valence-corrected chi connectivity index (χ0v) is 35.8. The summed E-state index contributed by atoms with van der Waals surface area (Å²) in [7, 11) is -4.39. The van der Waals surface area contributed by atoms with Crippen LogP contribution in [0.5, 0.6) is 0 Å². The lowest BCUT2D eigenvalue weighted by atomic mass is 10.0. The number of hydrogen-bond acceptors (Lipinski definition) is 8. The molecule has 0 fully saturated rings. The third-order valence-corrected chi connectivity index (χ3v) is 9.90. The minimum Gasteiger partial charge on any atom is -0.462 e. The van der Waals surface area contributed by atoms with E-state index in [1.165, 1.54) is 89.9 Å². The molecular formula is C45H80NO8P. The van der Waals surface area contributed by atoms with E-state index >= 15 is 0 Å². The molecule has 0 bridgehead atoms. The summed E-state index contributed by atoms with van der Waals surface area (Å²) in [5.74, 6) is -0.896. The molecule has 0 saturated carbocycles. The second-order valence-corrected chi connectivity index (χ2v) is 15.6. The molecule has 0 aromatic rings. The van der Waals surface area contributed by atoms with Crippen LogP contribution in [-0.4, -0.2) is 49.3 Å². The maximum atomic E-state index is 12.6. The molecule has 1 unspecified atom stereocenters. The lowest BCUT2D eigenvalue weighted by Crippen LogP contribution is -2.29. The summed E-state index contributed by atoms with van der Waals surface area (Å²) < 4.78 is 32.7. The van der Waals surface area contributed by atoms with Crippen molar-refractivity contribution >= 4 is 19.8 Å². The average molecular weight is 794 g/mol. The van der Waals surface area contributed by atoms with E-state index in [1.807, 2.05) is 6.08 Å². The molecule has 0 rings (SSSR count). The SMILES string of the molecule is CC/C=C\C/C=C\C/C=C\C/C=C\C/C=C\CCCC(=O)O[C@H](COC(=O)CCCCCCCCCCCCCCCCCCC)COP(=O)(O)OCCN. The summed E-state index contributed by atoms with van der Waals surface area (Å²) in [6.45, 7) is 3.56. The first-order chi connectivity index (χ1) is 26.8.